The Hall–Kier alpha value is -2.62. The van der Waals surface area contributed by atoms with Gasteiger partial charge in [0.1, 0.15) is 0 Å². The molecule has 10 heteroatoms. The van der Waals surface area contributed by atoms with Crippen LogP contribution in [0, 0.1) is 0 Å². The number of halogens is 4. The second-order valence-corrected chi connectivity index (χ2v) is 8.15. The van der Waals surface area contributed by atoms with Crippen molar-refractivity contribution in [3.05, 3.63) is 64.0 Å². The van der Waals surface area contributed by atoms with E-state index in [4.69, 9.17) is 21.3 Å². The number of thiazole rings is 1. The van der Waals surface area contributed by atoms with Crippen LogP contribution >= 0.6 is 22.9 Å². The first-order valence-electron chi connectivity index (χ1n) is 9.46. The van der Waals surface area contributed by atoms with E-state index in [-0.39, 0.29) is 10.7 Å². The molecular weight excluding hydrogens is 449 g/mol. The van der Waals surface area contributed by atoms with E-state index in [1.807, 2.05) is 30.3 Å². The molecular formula is C21H18ClF3N4OS. The molecule has 2 aromatic carbocycles. The van der Waals surface area contributed by atoms with Crippen molar-refractivity contribution in [3.8, 4) is 11.3 Å². The number of benzene rings is 2. The number of aromatic nitrogens is 1. The van der Waals surface area contributed by atoms with Crippen LogP contribution in [-0.2, 0) is 10.9 Å². The maximum absolute atomic E-state index is 13.0. The Morgan fingerprint density at radius 2 is 1.87 bits per heavy atom. The predicted octanol–water partition coefficient (Wildman–Crippen LogP) is 5.76. The second-order valence-electron chi connectivity index (χ2n) is 6.74. The largest absolute Gasteiger partial charge is 0.416 e. The minimum absolute atomic E-state index is 0.0759. The summed E-state index contributed by atoms with van der Waals surface area (Å²) in [6.07, 6.45) is -2.91. The highest BCUT2D eigenvalue weighted by Crippen LogP contribution is 2.35. The zero-order valence-electron chi connectivity index (χ0n) is 16.2. The molecule has 5 nitrogen and oxygen atoms in total. The van der Waals surface area contributed by atoms with Crippen LogP contribution in [0.2, 0.25) is 5.02 Å². The number of anilines is 2. The van der Waals surface area contributed by atoms with E-state index in [9.17, 15) is 13.2 Å². The van der Waals surface area contributed by atoms with Gasteiger partial charge in [-0.05, 0) is 18.2 Å². The van der Waals surface area contributed by atoms with Crippen molar-refractivity contribution in [1.29, 1.82) is 0 Å². The Balaban J connectivity index is 1.61. The summed E-state index contributed by atoms with van der Waals surface area (Å²) >= 11 is 7.49. The van der Waals surface area contributed by atoms with Crippen molar-refractivity contribution in [2.75, 3.05) is 36.6 Å². The number of alkyl halides is 3. The normalized spacial score (nSPS) is 14.9. The molecule has 31 heavy (non-hydrogen) atoms. The van der Waals surface area contributed by atoms with Gasteiger partial charge in [-0.15, -0.1) is 0 Å². The number of nitrogens with zero attached hydrogens (tertiary/aromatic N) is 3. The van der Waals surface area contributed by atoms with E-state index < -0.39 is 11.7 Å². The van der Waals surface area contributed by atoms with E-state index in [1.165, 1.54) is 17.4 Å². The SMILES string of the molecule is FC(F)(F)c1ccc(Cl)c(N/N=C/c2sc(N3CCOCC3)nc2-c2ccccc2)c1. The Bertz CT molecular complexity index is 1070. The summed E-state index contributed by atoms with van der Waals surface area (Å²) in [5.74, 6) is 0. The van der Waals surface area contributed by atoms with E-state index in [2.05, 4.69) is 15.4 Å². The zero-order chi connectivity index (χ0) is 21.8. The van der Waals surface area contributed by atoms with Crippen LogP contribution in [0.25, 0.3) is 11.3 Å². The Kier molecular flexibility index (Phi) is 6.45. The monoisotopic (exact) mass is 466 g/mol. The van der Waals surface area contributed by atoms with Gasteiger partial charge in [0.25, 0.3) is 0 Å². The van der Waals surface area contributed by atoms with Gasteiger partial charge in [-0.1, -0.05) is 53.3 Å². The number of nitrogens with one attached hydrogen (secondary N) is 1. The van der Waals surface area contributed by atoms with Gasteiger partial charge in [-0.25, -0.2) is 4.98 Å². The van der Waals surface area contributed by atoms with Crippen LogP contribution in [0.5, 0.6) is 0 Å². The molecule has 1 aromatic heterocycles. The molecule has 0 unspecified atom stereocenters. The first-order valence-corrected chi connectivity index (χ1v) is 10.7. The van der Waals surface area contributed by atoms with Crippen molar-refractivity contribution < 1.29 is 17.9 Å². The fourth-order valence-electron chi connectivity index (χ4n) is 3.05. The van der Waals surface area contributed by atoms with Gasteiger partial charge in [0.15, 0.2) is 5.13 Å². The third-order valence-electron chi connectivity index (χ3n) is 4.63. The third-order valence-corrected chi connectivity index (χ3v) is 6.01. The molecule has 1 aliphatic heterocycles. The van der Waals surface area contributed by atoms with Crippen molar-refractivity contribution in [2.24, 2.45) is 5.10 Å². The van der Waals surface area contributed by atoms with E-state index in [0.29, 0.717) is 13.2 Å². The van der Waals surface area contributed by atoms with Crippen LogP contribution < -0.4 is 10.3 Å². The minimum Gasteiger partial charge on any atom is -0.378 e. The van der Waals surface area contributed by atoms with Crippen molar-refractivity contribution in [2.45, 2.75) is 6.18 Å². The number of hydrazone groups is 1. The maximum Gasteiger partial charge on any atom is 0.416 e. The maximum atomic E-state index is 13.0. The van der Waals surface area contributed by atoms with Gasteiger partial charge < -0.3 is 9.64 Å². The Morgan fingerprint density at radius 1 is 1.13 bits per heavy atom. The fraction of sp³-hybridized carbons (Fsp3) is 0.238. The molecule has 1 fully saturated rings. The smallest absolute Gasteiger partial charge is 0.378 e. The highest BCUT2D eigenvalue weighted by atomic mass is 35.5. The second kappa shape index (κ2) is 9.25. The minimum atomic E-state index is -4.46. The molecule has 1 aliphatic rings. The standard InChI is InChI=1S/C21H18ClF3N4OS/c22-16-7-6-15(21(23,24)25)12-17(16)28-26-13-18-19(14-4-2-1-3-5-14)27-20(31-18)29-8-10-30-11-9-29/h1-7,12-13,28H,8-11H2/b26-13+. The fourth-order valence-corrected chi connectivity index (χ4v) is 4.22. The molecule has 0 aliphatic carbocycles. The van der Waals surface area contributed by atoms with Crippen LogP contribution in [0.1, 0.15) is 10.4 Å². The average molecular weight is 467 g/mol. The molecule has 3 aromatic rings. The third kappa shape index (κ3) is 5.17. The first kappa shape index (κ1) is 21.6. The summed E-state index contributed by atoms with van der Waals surface area (Å²) < 4.78 is 44.3. The number of rotatable bonds is 5. The summed E-state index contributed by atoms with van der Waals surface area (Å²) in [5.41, 5.74) is 3.59. The highest BCUT2D eigenvalue weighted by molar-refractivity contribution is 7.17. The first-order chi connectivity index (χ1) is 14.9. The number of ether oxygens (including phenoxy) is 1. The van der Waals surface area contributed by atoms with Gasteiger partial charge >= 0.3 is 6.18 Å². The van der Waals surface area contributed by atoms with Crippen molar-refractivity contribution in [3.63, 3.8) is 0 Å². The zero-order valence-corrected chi connectivity index (χ0v) is 17.8. The molecule has 162 valence electrons. The lowest BCUT2D eigenvalue weighted by Gasteiger charge is -2.26. The Labute approximate surface area is 186 Å². The van der Waals surface area contributed by atoms with Gasteiger partial charge in [-0.3, -0.25) is 5.43 Å². The lowest BCUT2D eigenvalue weighted by atomic mass is 10.1. The van der Waals surface area contributed by atoms with Crippen molar-refractivity contribution in [1.82, 2.24) is 4.98 Å². The summed E-state index contributed by atoms with van der Waals surface area (Å²) in [6, 6.07) is 12.7. The van der Waals surface area contributed by atoms with Crippen LogP contribution in [0.15, 0.2) is 53.6 Å². The van der Waals surface area contributed by atoms with Crippen LogP contribution in [-0.4, -0.2) is 37.5 Å². The highest BCUT2D eigenvalue weighted by Gasteiger charge is 2.31. The van der Waals surface area contributed by atoms with Gasteiger partial charge in [0.05, 0.1) is 46.3 Å². The quantitative estimate of drug-likeness (QED) is 0.383. The molecule has 0 atom stereocenters. The van der Waals surface area contributed by atoms with E-state index in [0.717, 1.165) is 46.5 Å². The molecule has 0 bridgehead atoms. The van der Waals surface area contributed by atoms with Crippen LogP contribution in [0.4, 0.5) is 24.0 Å². The summed E-state index contributed by atoms with van der Waals surface area (Å²) in [4.78, 5) is 7.72. The summed E-state index contributed by atoms with van der Waals surface area (Å²) in [6.45, 7) is 2.77. The lowest BCUT2D eigenvalue weighted by Crippen LogP contribution is -2.36. The molecule has 0 spiro atoms. The summed E-state index contributed by atoms with van der Waals surface area (Å²) in [5, 5.41) is 5.13. The topological polar surface area (TPSA) is 49.8 Å². The molecule has 0 saturated carbocycles. The van der Waals surface area contributed by atoms with E-state index >= 15 is 0 Å². The molecule has 2 heterocycles. The summed E-state index contributed by atoms with van der Waals surface area (Å²) in [7, 11) is 0. The van der Waals surface area contributed by atoms with Crippen LogP contribution in [0.3, 0.4) is 0 Å². The molecule has 1 N–H and O–H groups in total. The predicted molar refractivity (Wildman–Crippen MR) is 118 cm³/mol. The lowest BCUT2D eigenvalue weighted by molar-refractivity contribution is -0.137. The Morgan fingerprint density at radius 3 is 2.58 bits per heavy atom. The van der Waals surface area contributed by atoms with Crippen molar-refractivity contribution >= 4 is 40.0 Å². The molecule has 4 rings (SSSR count). The van der Waals surface area contributed by atoms with Gasteiger partial charge in [-0.2, -0.15) is 18.3 Å². The number of hydrogen-bond acceptors (Lipinski definition) is 6. The molecule has 1 saturated heterocycles. The molecule has 0 amide bonds. The van der Waals surface area contributed by atoms with Gasteiger partial charge in [0, 0.05) is 18.7 Å². The average Bonchev–Trinajstić information content (AvgIpc) is 3.20. The molecule has 0 radical (unpaired) electrons. The number of hydrogen-bond donors (Lipinski definition) is 1. The van der Waals surface area contributed by atoms with Gasteiger partial charge in [0.2, 0.25) is 0 Å². The van der Waals surface area contributed by atoms with E-state index in [1.54, 1.807) is 6.21 Å². The number of morpholine rings is 1.